The summed E-state index contributed by atoms with van der Waals surface area (Å²) >= 11 is 1.70. The smallest absolute Gasteiger partial charge is 0.183 e. The summed E-state index contributed by atoms with van der Waals surface area (Å²) in [6, 6.07) is 0. The Hall–Kier alpha value is -1.36. The lowest BCUT2D eigenvalue weighted by molar-refractivity contribution is 0.637. The van der Waals surface area contributed by atoms with Gasteiger partial charge in [0.1, 0.15) is 0 Å². The first-order chi connectivity index (χ1) is 7.65. The molecular formula is C11H16N4S. The number of nitrogens with one attached hydrogen (secondary N) is 1. The van der Waals surface area contributed by atoms with Crippen LogP contribution in [0.25, 0.3) is 0 Å². The maximum Gasteiger partial charge on any atom is 0.183 e. The molecule has 0 radical (unpaired) electrons. The Morgan fingerprint density at radius 3 is 2.75 bits per heavy atom. The second-order valence-corrected chi connectivity index (χ2v) is 5.07. The summed E-state index contributed by atoms with van der Waals surface area (Å²) in [6.07, 6.45) is 3.91. The van der Waals surface area contributed by atoms with Crippen LogP contribution < -0.4 is 5.32 Å². The van der Waals surface area contributed by atoms with Crippen LogP contribution in [-0.2, 0) is 6.54 Å². The van der Waals surface area contributed by atoms with Gasteiger partial charge in [0.05, 0.1) is 18.4 Å². The van der Waals surface area contributed by atoms with E-state index in [4.69, 9.17) is 0 Å². The molecule has 0 saturated carbocycles. The number of hydrogen-bond acceptors (Lipinski definition) is 4. The number of aromatic nitrogens is 3. The van der Waals surface area contributed by atoms with E-state index in [9.17, 15) is 0 Å². The van der Waals surface area contributed by atoms with E-state index in [1.54, 1.807) is 11.3 Å². The maximum atomic E-state index is 4.42. The predicted octanol–water partition coefficient (Wildman–Crippen LogP) is 2.38. The van der Waals surface area contributed by atoms with E-state index in [-0.39, 0.29) is 0 Å². The molecule has 0 amide bonds. The van der Waals surface area contributed by atoms with Gasteiger partial charge in [-0.15, -0.1) is 11.3 Å². The van der Waals surface area contributed by atoms with Crippen LogP contribution in [0, 0.1) is 20.8 Å². The van der Waals surface area contributed by atoms with Crippen molar-refractivity contribution in [3.63, 3.8) is 0 Å². The Kier molecular flexibility index (Phi) is 3.24. The van der Waals surface area contributed by atoms with Crippen molar-refractivity contribution in [3.05, 3.63) is 28.5 Å². The number of anilines is 1. The average molecular weight is 236 g/mol. The number of nitrogens with zero attached hydrogens (tertiary/aromatic N) is 3. The van der Waals surface area contributed by atoms with Crippen molar-refractivity contribution in [3.8, 4) is 0 Å². The molecule has 16 heavy (non-hydrogen) atoms. The molecule has 0 saturated heterocycles. The third-order valence-corrected chi connectivity index (χ3v) is 3.44. The third kappa shape index (κ3) is 2.61. The summed E-state index contributed by atoms with van der Waals surface area (Å²) in [7, 11) is 0. The Morgan fingerprint density at radius 2 is 2.19 bits per heavy atom. The molecule has 86 valence electrons. The lowest BCUT2D eigenvalue weighted by Crippen LogP contribution is -2.10. The SMILES string of the molecule is Cc1cnn(CCNc2nc(C)c(C)s2)c1. The quantitative estimate of drug-likeness (QED) is 0.886. The lowest BCUT2D eigenvalue weighted by Gasteiger charge is -2.02. The third-order valence-electron chi connectivity index (χ3n) is 2.41. The molecule has 2 rings (SSSR count). The number of rotatable bonds is 4. The highest BCUT2D eigenvalue weighted by atomic mass is 32.1. The summed E-state index contributed by atoms with van der Waals surface area (Å²) < 4.78 is 1.94. The molecule has 2 aromatic heterocycles. The van der Waals surface area contributed by atoms with E-state index >= 15 is 0 Å². The molecule has 0 atom stereocenters. The molecular weight excluding hydrogens is 220 g/mol. The zero-order valence-electron chi connectivity index (χ0n) is 9.82. The number of hydrogen-bond donors (Lipinski definition) is 1. The van der Waals surface area contributed by atoms with Crippen molar-refractivity contribution < 1.29 is 0 Å². The van der Waals surface area contributed by atoms with E-state index in [2.05, 4.69) is 22.3 Å². The van der Waals surface area contributed by atoms with Crippen molar-refractivity contribution in [1.82, 2.24) is 14.8 Å². The van der Waals surface area contributed by atoms with E-state index in [0.717, 1.165) is 23.9 Å². The number of aryl methyl sites for hydroxylation is 3. The van der Waals surface area contributed by atoms with Gasteiger partial charge >= 0.3 is 0 Å². The minimum atomic E-state index is 0.855. The average Bonchev–Trinajstić information content (AvgIpc) is 2.75. The Bertz CT molecular complexity index is 453. The van der Waals surface area contributed by atoms with Gasteiger partial charge in [0.15, 0.2) is 5.13 Å². The van der Waals surface area contributed by atoms with Crippen molar-refractivity contribution in [2.45, 2.75) is 27.3 Å². The van der Waals surface area contributed by atoms with Crippen LogP contribution >= 0.6 is 11.3 Å². The second kappa shape index (κ2) is 4.65. The van der Waals surface area contributed by atoms with Crippen molar-refractivity contribution in [2.24, 2.45) is 0 Å². The lowest BCUT2D eigenvalue weighted by atomic mass is 10.4. The Balaban J connectivity index is 1.84. The van der Waals surface area contributed by atoms with Crippen LogP contribution in [0.3, 0.4) is 0 Å². The second-order valence-electron chi connectivity index (χ2n) is 3.87. The van der Waals surface area contributed by atoms with Gasteiger partial charge in [-0.05, 0) is 26.3 Å². The first kappa shape index (κ1) is 11.1. The van der Waals surface area contributed by atoms with Crippen molar-refractivity contribution in [2.75, 3.05) is 11.9 Å². The van der Waals surface area contributed by atoms with Crippen LogP contribution in [0.2, 0.25) is 0 Å². The molecule has 1 N–H and O–H groups in total. The van der Waals surface area contributed by atoms with Crippen molar-refractivity contribution in [1.29, 1.82) is 0 Å². The van der Waals surface area contributed by atoms with Gasteiger partial charge in [-0.3, -0.25) is 4.68 Å². The van der Waals surface area contributed by atoms with E-state index in [1.807, 2.05) is 30.9 Å². The van der Waals surface area contributed by atoms with Crippen LogP contribution in [0.1, 0.15) is 16.1 Å². The summed E-state index contributed by atoms with van der Waals surface area (Å²) in [5, 5.41) is 8.54. The van der Waals surface area contributed by atoms with Gasteiger partial charge in [-0.25, -0.2) is 4.98 Å². The molecule has 2 aromatic rings. The van der Waals surface area contributed by atoms with E-state index in [0.29, 0.717) is 0 Å². The highest BCUT2D eigenvalue weighted by Gasteiger charge is 2.02. The van der Waals surface area contributed by atoms with Gasteiger partial charge in [0, 0.05) is 17.6 Å². The van der Waals surface area contributed by atoms with Crippen LogP contribution in [0.15, 0.2) is 12.4 Å². The van der Waals surface area contributed by atoms with Gasteiger partial charge in [-0.1, -0.05) is 0 Å². The van der Waals surface area contributed by atoms with Gasteiger partial charge in [0.2, 0.25) is 0 Å². The zero-order valence-corrected chi connectivity index (χ0v) is 10.6. The van der Waals surface area contributed by atoms with Crippen molar-refractivity contribution >= 4 is 16.5 Å². The first-order valence-corrected chi connectivity index (χ1v) is 6.14. The summed E-state index contributed by atoms with van der Waals surface area (Å²) in [4.78, 5) is 5.70. The predicted molar refractivity (Wildman–Crippen MR) is 67.0 cm³/mol. The molecule has 0 fully saturated rings. The summed E-state index contributed by atoms with van der Waals surface area (Å²) in [5.41, 5.74) is 2.31. The molecule has 4 nitrogen and oxygen atoms in total. The van der Waals surface area contributed by atoms with Crippen LogP contribution in [0.5, 0.6) is 0 Å². The van der Waals surface area contributed by atoms with Gasteiger partial charge in [-0.2, -0.15) is 5.10 Å². The Labute approximate surface area is 99.3 Å². The molecule has 0 bridgehead atoms. The fourth-order valence-electron chi connectivity index (χ4n) is 1.41. The Morgan fingerprint density at radius 1 is 1.38 bits per heavy atom. The molecule has 0 aliphatic rings. The maximum absolute atomic E-state index is 4.42. The minimum absolute atomic E-state index is 0.855. The molecule has 0 aromatic carbocycles. The monoisotopic (exact) mass is 236 g/mol. The van der Waals surface area contributed by atoms with Crippen LogP contribution in [-0.4, -0.2) is 21.3 Å². The molecule has 0 aliphatic carbocycles. The highest BCUT2D eigenvalue weighted by molar-refractivity contribution is 7.15. The minimum Gasteiger partial charge on any atom is -0.360 e. The number of thiazole rings is 1. The molecule has 0 unspecified atom stereocenters. The molecule has 2 heterocycles. The standard InChI is InChI=1S/C11H16N4S/c1-8-6-13-15(7-8)5-4-12-11-14-9(2)10(3)16-11/h6-7H,4-5H2,1-3H3,(H,12,14). The molecule has 5 heteroatoms. The fraction of sp³-hybridized carbons (Fsp3) is 0.455. The summed E-state index contributed by atoms with van der Waals surface area (Å²) in [6.45, 7) is 7.90. The molecule has 0 aliphatic heterocycles. The van der Waals surface area contributed by atoms with E-state index < -0.39 is 0 Å². The normalized spacial score (nSPS) is 10.7. The van der Waals surface area contributed by atoms with Crippen LogP contribution in [0.4, 0.5) is 5.13 Å². The molecule has 0 spiro atoms. The summed E-state index contributed by atoms with van der Waals surface area (Å²) in [5.74, 6) is 0. The first-order valence-electron chi connectivity index (χ1n) is 5.32. The zero-order chi connectivity index (χ0) is 11.5. The van der Waals surface area contributed by atoms with E-state index in [1.165, 1.54) is 10.4 Å². The fourth-order valence-corrected chi connectivity index (χ4v) is 2.26. The largest absolute Gasteiger partial charge is 0.360 e. The highest BCUT2D eigenvalue weighted by Crippen LogP contribution is 2.20. The topological polar surface area (TPSA) is 42.7 Å². The van der Waals surface area contributed by atoms with Gasteiger partial charge < -0.3 is 5.32 Å². The van der Waals surface area contributed by atoms with Gasteiger partial charge in [0.25, 0.3) is 0 Å².